The molecule has 1 amide bonds. The molecule has 7 heteroatoms. The van der Waals surface area contributed by atoms with Crippen molar-refractivity contribution in [1.29, 1.82) is 0 Å². The fourth-order valence-electron chi connectivity index (χ4n) is 3.25. The second-order valence-electron chi connectivity index (χ2n) is 7.06. The van der Waals surface area contributed by atoms with Crippen molar-refractivity contribution in [2.24, 2.45) is 0 Å². The van der Waals surface area contributed by atoms with E-state index < -0.39 is 0 Å². The van der Waals surface area contributed by atoms with Gasteiger partial charge in [0.25, 0.3) is 5.91 Å². The summed E-state index contributed by atoms with van der Waals surface area (Å²) in [5.41, 5.74) is 2.78. The zero-order chi connectivity index (χ0) is 22.5. The summed E-state index contributed by atoms with van der Waals surface area (Å²) in [6.45, 7) is 0.813. The third-order valence-electron chi connectivity index (χ3n) is 4.83. The number of rotatable bonds is 7. The highest BCUT2D eigenvalue weighted by Gasteiger charge is 2.32. The van der Waals surface area contributed by atoms with E-state index in [1.165, 1.54) is 11.8 Å². The molecule has 0 saturated carbocycles. The van der Waals surface area contributed by atoms with Crippen LogP contribution in [0.2, 0.25) is 5.02 Å². The molecule has 0 atom stereocenters. The predicted molar refractivity (Wildman–Crippen MR) is 134 cm³/mol. The van der Waals surface area contributed by atoms with Crippen LogP contribution in [0.4, 0.5) is 0 Å². The Labute approximate surface area is 201 Å². The van der Waals surface area contributed by atoms with Crippen LogP contribution >= 0.6 is 35.6 Å². The number of thiocarbonyl (C=S) groups is 1. The van der Waals surface area contributed by atoms with E-state index in [9.17, 15) is 4.79 Å². The first kappa shape index (κ1) is 22.4. The van der Waals surface area contributed by atoms with Crippen LogP contribution in [0.25, 0.3) is 6.08 Å². The number of carbonyl (C=O) groups is 1. The molecular weight excluding hydrogens is 462 g/mol. The van der Waals surface area contributed by atoms with Crippen molar-refractivity contribution in [3.63, 3.8) is 0 Å². The SMILES string of the molecule is COc1cc(C=C2SC(=S)N(Cc3ccccc3)C2=O)cc(Cl)c1OCc1ccccc1. The number of methoxy groups -OCH3 is 1. The highest BCUT2D eigenvalue weighted by molar-refractivity contribution is 8.26. The van der Waals surface area contributed by atoms with Gasteiger partial charge in [0.05, 0.1) is 23.6 Å². The van der Waals surface area contributed by atoms with Crippen molar-refractivity contribution in [2.45, 2.75) is 13.2 Å². The molecule has 162 valence electrons. The monoisotopic (exact) mass is 481 g/mol. The molecule has 1 aliphatic rings. The average Bonchev–Trinajstić information content (AvgIpc) is 3.06. The minimum atomic E-state index is -0.122. The lowest BCUT2D eigenvalue weighted by Crippen LogP contribution is -2.27. The topological polar surface area (TPSA) is 38.8 Å². The van der Waals surface area contributed by atoms with Crippen LogP contribution in [-0.4, -0.2) is 22.2 Å². The Kier molecular flexibility index (Phi) is 7.15. The van der Waals surface area contributed by atoms with Gasteiger partial charge in [0.2, 0.25) is 0 Å². The van der Waals surface area contributed by atoms with Crippen molar-refractivity contribution in [1.82, 2.24) is 4.90 Å². The van der Waals surface area contributed by atoms with E-state index in [4.69, 9.17) is 33.3 Å². The van der Waals surface area contributed by atoms with E-state index >= 15 is 0 Å². The smallest absolute Gasteiger partial charge is 0.266 e. The van der Waals surface area contributed by atoms with Gasteiger partial charge in [0, 0.05) is 0 Å². The number of benzene rings is 3. The third-order valence-corrected chi connectivity index (χ3v) is 6.49. The lowest BCUT2D eigenvalue weighted by molar-refractivity contribution is -0.122. The Morgan fingerprint density at radius 3 is 2.34 bits per heavy atom. The maximum absolute atomic E-state index is 13.0. The first-order valence-electron chi connectivity index (χ1n) is 9.88. The molecule has 0 aliphatic carbocycles. The van der Waals surface area contributed by atoms with E-state index in [-0.39, 0.29) is 5.91 Å². The molecule has 0 bridgehead atoms. The van der Waals surface area contributed by atoms with Gasteiger partial charge in [-0.3, -0.25) is 9.69 Å². The quantitative estimate of drug-likeness (QED) is 0.291. The highest BCUT2D eigenvalue weighted by Crippen LogP contribution is 2.39. The van der Waals surface area contributed by atoms with E-state index in [0.29, 0.717) is 38.9 Å². The number of ether oxygens (including phenoxy) is 2. The van der Waals surface area contributed by atoms with Crippen molar-refractivity contribution in [2.75, 3.05) is 7.11 Å². The van der Waals surface area contributed by atoms with Crippen LogP contribution in [0.3, 0.4) is 0 Å². The zero-order valence-corrected chi connectivity index (χ0v) is 19.7. The normalized spacial score (nSPS) is 14.8. The Hall–Kier alpha value is -2.80. The molecular formula is C25H20ClNO3S2. The van der Waals surface area contributed by atoms with Gasteiger partial charge in [0.1, 0.15) is 10.9 Å². The van der Waals surface area contributed by atoms with Gasteiger partial charge >= 0.3 is 0 Å². The molecule has 3 aromatic rings. The largest absolute Gasteiger partial charge is 0.493 e. The number of hydrogen-bond acceptors (Lipinski definition) is 5. The summed E-state index contributed by atoms with van der Waals surface area (Å²) in [7, 11) is 1.56. The van der Waals surface area contributed by atoms with Crippen LogP contribution in [0.1, 0.15) is 16.7 Å². The van der Waals surface area contributed by atoms with Crippen LogP contribution in [0.15, 0.2) is 77.7 Å². The van der Waals surface area contributed by atoms with Crippen LogP contribution < -0.4 is 9.47 Å². The maximum Gasteiger partial charge on any atom is 0.266 e. The van der Waals surface area contributed by atoms with Gasteiger partial charge in [0.15, 0.2) is 11.5 Å². The summed E-state index contributed by atoms with van der Waals surface area (Å²) in [6, 6.07) is 23.2. The van der Waals surface area contributed by atoms with Gasteiger partial charge < -0.3 is 9.47 Å². The van der Waals surface area contributed by atoms with Gasteiger partial charge in [-0.15, -0.1) is 0 Å². The van der Waals surface area contributed by atoms with E-state index in [1.807, 2.05) is 60.7 Å². The summed E-state index contributed by atoms with van der Waals surface area (Å²) >= 11 is 13.2. The standard InChI is InChI=1S/C25H20ClNO3S2/c1-29-21-13-19(12-20(26)23(21)30-16-18-10-6-3-7-11-18)14-22-24(28)27(25(31)32-22)15-17-8-4-2-5-9-17/h2-14H,15-16H2,1H3. The lowest BCUT2D eigenvalue weighted by atomic mass is 10.1. The van der Waals surface area contributed by atoms with Crippen molar-refractivity contribution >= 4 is 51.9 Å². The lowest BCUT2D eigenvalue weighted by Gasteiger charge is -2.14. The molecule has 32 heavy (non-hydrogen) atoms. The second kappa shape index (κ2) is 10.2. The van der Waals surface area contributed by atoms with E-state index in [1.54, 1.807) is 30.2 Å². The second-order valence-corrected chi connectivity index (χ2v) is 9.14. The summed E-state index contributed by atoms with van der Waals surface area (Å²) in [5, 5.41) is 0.409. The molecule has 3 aromatic carbocycles. The molecule has 0 N–H and O–H groups in total. The van der Waals surface area contributed by atoms with Crippen molar-refractivity contribution in [3.05, 3.63) is 99.4 Å². The number of amides is 1. The minimum absolute atomic E-state index is 0.122. The first-order chi connectivity index (χ1) is 15.5. The highest BCUT2D eigenvalue weighted by atomic mass is 35.5. The molecule has 4 nitrogen and oxygen atoms in total. The Morgan fingerprint density at radius 2 is 1.69 bits per heavy atom. The fourth-order valence-corrected chi connectivity index (χ4v) is 4.78. The Morgan fingerprint density at radius 1 is 1.03 bits per heavy atom. The first-order valence-corrected chi connectivity index (χ1v) is 11.5. The number of nitrogens with zero attached hydrogens (tertiary/aromatic N) is 1. The Bertz CT molecular complexity index is 1170. The third kappa shape index (κ3) is 5.15. The van der Waals surface area contributed by atoms with Gasteiger partial charge in [-0.2, -0.15) is 0 Å². The number of halogens is 1. The fraction of sp³-hybridized carbons (Fsp3) is 0.120. The van der Waals surface area contributed by atoms with Crippen LogP contribution in [-0.2, 0) is 17.9 Å². The molecule has 1 aliphatic heterocycles. The van der Waals surface area contributed by atoms with Crippen molar-refractivity contribution < 1.29 is 14.3 Å². The van der Waals surface area contributed by atoms with E-state index in [0.717, 1.165) is 16.7 Å². The molecule has 1 saturated heterocycles. The van der Waals surface area contributed by atoms with Crippen LogP contribution in [0.5, 0.6) is 11.5 Å². The van der Waals surface area contributed by atoms with E-state index in [2.05, 4.69) is 0 Å². The van der Waals surface area contributed by atoms with Gasteiger partial charge in [-0.1, -0.05) is 96.2 Å². The molecule has 4 rings (SSSR count). The molecule has 0 radical (unpaired) electrons. The molecule has 0 aromatic heterocycles. The summed E-state index contributed by atoms with van der Waals surface area (Å²) in [4.78, 5) is 15.1. The number of carbonyl (C=O) groups excluding carboxylic acids is 1. The van der Waals surface area contributed by atoms with Gasteiger partial charge in [-0.05, 0) is 34.9 Å². The zero-order valence-electron chi connectivity index (χ0n) is 17.3. The Balaban J connectivity index is 1.54. The molecule has 0 spiro atoms. The van der Waals surface area contributed by atoms with Gasteiger partial charge in [-0.25, -0.2) is 0 Å². The summed E-state index contributed by atoms with van der Waals surface area (Å²) in [5.74, 6) is 0.842. The summed E-state index contributed by atoms with van der Waals surface area (Å²) < 4.78 is 11.9. The van der Waals surface area contributed by atoms with Crippen molar-refractivity contribution in [3.8, 4) is 11.5 Å². The number of hydrogen-bond donors (Lipinski definition) is 0. The average molecular weight is 482 g/mol. The minimum Gasteiger partial charge on any atom is -0.493 e. The maximum atomic E-state index is 13.0. The predicted octanol–water partition coefficient (Wildman–Crippen LogP) is 6.33. The van der Waals surface area contributed by atoms with Crippen LogP contribution in [0, 0.1) is 0 Å². The number of thioether (sulfide) groups is 1. The molecule has 0 unspecified atom stereocenters. The molecule has 1 fully saturated rings. The molecule has 1 heterocycles. The summed E-state index contributed by atoms with van der Waals surface area (Å²) in [6.07, 6.45) is 1.78.